The summed E-state index contributed by atoms with van der Waals surface area (Å²) in [6.45, 7) is 0.117. The molecule has 3 fully saturated rings. The lowest BCUT2D eigenvalue weighted by molar-refractivity contribution is -0.138. The largest absolute Gasteiger partial charge is 0.508 e. The van der Waals surface area contributed by atoms with Crippen molar-refractivity contribution >= 4 is 27.6 Å². The maximum Gasteiger partial charge on any atom is 0.317 e. The summed E-state index contributed by atoms with van der Waals surface area (Å²) in [6.07, 6.45) is 4.23. The van der Waals surface area contributed by atoms with E-state index in [0.29, 0.717) is 40.4 Å². The molecule has 9 heteroatoms. The number of nitrogens with zero attached hydrogens (tertiary/aromatic N) is 2. The molecule has 7 nitrogen and oxygen atoms in total. The van der Waals surface area contributed by atoms with Gasteiger partial charge in [0.1, 0.15) is 17.1 Å². The van der Waals surface area contributed by atoms with Crippen molar-refractivity contribution < 1.29 is 28.5 Å². The minimum atomic E-state index is -0.863. The highest BCUT2D eigenvalue weighted by Crippen LogP contribution is 2.43. The Morgan fingerprint density at radius 2 is 1.79 bits per heavy atom. The van der Waals surface area contributed by atoms with Gasteiger partial charge in [0.2, 0.25) is 0 Å². The zero-order valence-corrected chi connectivity index (χ0v) is 21.0. The number of hydrogen-bond acceptors (Lipinski definition) is 6. The fourth-order valence-corrected chi connectivity index (χ4v) is 6.52. The number of rotatable bonds is 6. The van der Waals surface area contributed by atoms with Gasteiger partial charge in [-0.2, -0.15) is 9.97 Å². The van der Waals surface area contributed by atoms with Crippen molar-refractivity contribution in [1.82, 2.24) is 15.3 Å². The normalized spacial score (nSPS) is 25.7. The molecule has 2 aliphatic heterocycles. The molecule has 2 bridgehead atoms. The van der Waals surface area contributed by atoms with Gasteiger partial charge in [-0.3, -0.25) is 4.79 Å². The van der Waals surface area contributed by atoms with E-state index in [1.807, 2.05) is 0 Å². The fraction of sp³-hybridized carbons (Fsp3) is 0.367. The zero-order valence-electron chi connectivity index (χ0n) is 21.0. The highest BCUT2D eigenvalue weighted by atomic mass is 19.1. The summed E-state index contributed by atoms with van der Waals surface area (Å²) >= 11 is 0. The average Bonchev–Trinajstić information content (AvgIpc) is 3.63. The Bertz CT molecular complexity index is 1630. The molecule has 1 aliphatic carbocycles. The molecule has 0 amide bonds. The molecular formula is C30H27F2N3O4. The second-order valence-electron chi connectivity index (χ2n) is 11.1. The van der Waals surface area contributed by atoms with E-state index in [1.54, 1.807) is 30.3 Å². The summed E-state index contributed by atoms with van der Waals surface area (Å²) in [5.74, 6) is -3.19. The second kappa shape index (κ2) is 9.12. The van der Waals surface area contributed by atoms with Gasteiger partial charge in [0.05, 0.1) is 23.8 Å². The number of nitrogens with one attached hydrogen (secondary N) is 1. The molecule has 0 spiro atoms. The van der Waals surface area contributed by atoms with Crippen LogP contribution >= 0.6 is 0 Å². The predicted molar refractivity (Wildman–Crippen MR) is 141 cm³/mol. The lowest BCUT2D eigenvalue weighted by Gasteiger charge is -2.29. The summed E-state index contributed by atoms with van der Waals surface area (Å²) < 4.78 is 38.1. The molecule has 1 aromatic heterocycles. The van der Waals surface area contributed by atoms with E-state index in [2.05, 4.69) is 15.3 Å². The molecule has 4 atom stereocenters. The smallest absolute Gasteiger partial charge is 0.317 e. The molecule has 0 radical (unpaired) electrons. The van der Waals surface area contributed by atoms with Crippen molar-refractivity contribution in [2.24, 2.45) is 11.8 Å². The first-order chi connectivity index (χ1) is 18.9. The highest BCUT2D eigenvalue weighted by Gasteiger charge is 2.44. The summed E-state index contributed by atoms with van der Waals surface area (Å²) in [5, 5.41) is 24.7. The third-order valence-electron chi connectivity index (χ3n) is 8.53. The van der Waals surface area contributed by atoms with E-state index < -0.39 is 23.5 Å². The van der Waals surface area contributed by atoms with Gasteiger partial charge in [0.15, 0.2) is 5.82 Å². The lowest BCUT2D eigenvalue weighted by Crippen LogP contribution is -2.37. The Morgan fingerprint density at radius 1 is 1.03 bits per heavy atom. The van der Waals surface area contributed by atoms with Gasteiger partial charge >= 0.3 is 12.0 Å². The van der Waals surface area contributed by atoms with Crippen LogP contribution in [0.25, 0.3) is 32.8 Å². The van der Waals surface area contributed by atoms with Gasteiger partial charge in [0, 0.05) is 29.3 Å². The predicted octanol–water partition coefficient (Wildman–Crippen LogP) is 5.53. The van der Waals surface area contributed by atoms with Crippen LogP contribution in [0, 0.1) is 23.5 Å². The Hall–Kier alpha value is -3.85. The third-order valence-corrected chi connectivity index (χ3v) is 8.53. The van der Waals surface area contributed by atoms with Crippen LogP contribution in [0.5, 0.6) is 11.8 Å². The van der Waals surface area contributed by atoms with Crippen LogP contribution in [-0.2, 0) is 4.79 Å². The van der Waals surface area contributed by atoms with Crippen LogP contribution in [0.1, 0.15) is 43.7 Å². The zero-order chi connectivity index (χ0) is 26.8. The summed E-state index contributed by atoms with van der Waals surface area (Å²) in [6, 6.07) is 11.9. The molecule has 4 unspecified atom stereocenters. The van der Waals surface area contributed by atoms with Gasteiger partial charge in [-0.1, -0.05) is 24.3 Å². The Balaban J connectivity index is 1.38. The van der Waals surface area contributed by atoms with E-state index >= 15 is 8.78 Å². The first-order valence-electron chi connectivity index (χ1n) is 13.4. The maximum atomic E-state index is 16.4. The van der Waals surface area contributed by atoms with Crippen molar-refractivity contribution in [3.8, 4) is 22.9 Å². The number of carboxylic acids is 1. The van der Waals surface area contributed by atoms with Gasteiger partial charge in [-0.25, -0.2) is 8.78 Å². The lowest BCUT2D eigenvalue weighted by atomic mass is 9.87. The quantitative estimate of drug-likeness (QED) is 0.300. The molecule has 3 N–H and O–H groups in total. The Kier molecular flexibility index (Phi) is 5.66. The standard InChI is InChI=1S/C30H27F2N3O4/c31-24-12-23-27(15-7-17-5-6-18(8-15)33-17)34-30(39-13-16-10-21(16)29(37)38)35-28(23)26(32)25(24)22-11-19(36)9-14-3-1-2-4-20(14)22/h1-4,9,11-12,15-18,21,33,36H,5-8,10,13H2,(H,37,38). The van der Waals surface area contributed by atoms with E-state index in [1.165, 1.54) is 12.1 Å². The van der Waals surface area contributed by atoms with Crippen LogP contribution in [0.2, 0.25) is 0 Å². The maximum absolute atomic E-state index is 16.4. The molecule has 3 aromatic carbocycles. The van der Waals surface area contributed by atoms with Crippen molar-refractivity contribution in [3.05, 3.63) is 59.8 Å². The molecule has 4 aromatic rings. The van der Waals surface area contributed by atoms with Gasteiger partial charge in [-0.05, 0) is 66.6 Å². The molecular weight excluding hydrogens is 504 g/mol. The van der Waals surface area contributed by atoms with Crippen LogP contribution < -0.4 is 10.1 Å². The van der Waals surface area contributed by atoms with Crippen LogP contribution in [0.4, 0.5) is 8.78 Å². The molecule has 7 rings (SSSR count). The number of phenolic OH excluding ortho intramolecular Hbond substituents is 1. The summed E-state index contributed by atoms with van der Waals surface area (Å²) in [4.78, 5) is 20.3. The van der Waals surface area contributed by atoms with E-state index in [4.69, 9.17) is 4.74 Å². The second-order valence-corrected chi connectivity index (χ2v) is 11.1. The first-order valence-corrected chi connectivity index (χ1v) is 13.4. The summed E-state index contributed by atoms with van der Waals surface area (Å²) in [5.41, 5.74) is 0.468. The number of halogens is 2. The monoisotopic (exact) mass is 531 g/mol. The van der Waals surface area contributed by atoms with E-state index in [-0.39, 0.29) is 46.8 Å². The number of hydrogen-bond donors (Lipinski definition) is 3. The number of aromatic nitrogens is 2. The molecule has 200 valence electrons. The number of aliphatic carboxylic acids is 1. The number of aromatic hydroxyl groups is 1. The first kappa shape index (κ1) is 24.2. The molecule has 1 saturated carbocycles. The van der Waals surface area contributed by atoms with Gasteiger partial charge in [0.25, 0.3) is 0 Å². The van der Waals surface area contributed by atoms with Crippen molar-refractivity contribution in [2.75, 3.05) is 6.61 Å². The number of fused-ring (bicyclic) bond motifs is 4. The summed E-state index contributed by atoms with van der Waals surface area (Å²) in [7, 11) is 0. The number of benzene rings is 3. The number of piperidine rings is 1. The molecule has 2 saturated heterocycles. The number of phenols is 1. The fourth-order valence-electron chi connectivity index (χ4n) is 6.52. The Morgan fingerprint density at radius 3 is 2.54 bits per heavy atom. The van der Waals surface area contributed by atoms with Crippen LogP contribution in [0.3, 0.4) is 0 Å². The van der Waals surface area contributed by atoms with Crippen molar-refractivity contribution in [3.63, 3.8) is 0 Å². The van der Waals surface area contributed by atoms with Gasteiger partial charge in [-0.15, -0.1) is 0 Å². The minimum Gasteiger partial charge on any atom is -0.508 e. The van der Waals surface area contributed by atoms with Crippen molar-refractivity contribution in [2.45, 2.75) is 50.1 Å². The molecule has 3 aliphatic rings. The van der Waals surface area contributed by atoms with Crippen LogP contribution in [0.15, 0.2) is 42.5 Å². The number of carbonyl (C=O) groups is 1. The molecule has 3 heterocycles. The number of carboxylic acid groups (broad SMARTS) is 1. The van der Waals surface area contributed by atoms with Gasteiger partial charge < -0.3 is 20.3 Å². The van der Waals surface area contributed by atoms with Crippen LogP contribution in [-0.4, -0.2) is 44.8 Å². The third kappa shape index (κ3) is 4.25. The average molecular weight is 532 g/mol. The van der Waals surface area contributed by atoms with E-state index in [0.717, 1.165) is 25.7 Å². The van der Waals surface area contributed by atoms with E-state index in [9.17, 15) is 15.0 Å². The minimum absolute atomic E-state index is 0.0180. The highest BCUT2D eigenvalue weighted by molar-refractivity contribution is 6.00. The topological polar surface area (TPSA) is 105 Å². The Labute approximate surface area is 222 Å². The SMILES string of the molecule is O=C(O)C1CC1COc1nc(C2CC3CCC(C2)N3)c2cc(F)c(-c3cc(O)cc4ccccc34)c(F)c2n1. The molecule has 39 heavy (non-hydrogen) atoms. The number of ether oxygens (including phenoxy) is 1. The van der Waals surface area contributed by atoms with Crippen molar-refractivity contribution in [1.29, 1.82) is 0 Å².